The summed E-state index contributed by atoms with van der Waals surface area (Å²) in [5, 5.41) is 9.27. The normalized spacial score (nSPS) is 11.2. The molecule has 0 saturated heterocycles. The second-order valence-corrected chi connectivity index (χ2v) is 6.89. The molecule has 7 heteroatoms. The van der Waals surface area contributed by atoms with Gasteiger partial charge in [0, 0.05) is 21.2 Å². The molecule has 2 aromatic carbocycles. The first kappa shape index (κ1) is 16.8. The lowest BCUT2D eigenvalue weighted by Gasteiger charge is -2.10. The number of benzene rings is 2. The topological polar surface area (TPSA) is 70.3 Å². The van der Waals surface area contributed by atoms with Crippen LogP contribution in [0.25, 0.3) is 22.6 Å². The third kappa shape index (κ3) is 3.00. The molecule has 5 nitrogen and oxygen atoms in total. The van der Waals surface area contributed by atoms with Crippen molar-refractivity contribution < 1.29 is 0 Å². The van der Waals surface area contributed by atoms with Gasteiger partial charge in [-0.25, -0.2) is 9.97 Å². The molecule has 2 N–H and O–H groups in total. The lowest BCUT2D eigenvalue weighted by atomic mass is 10.1. The molecule has 130 valence electrons. The third-order valence-corrected chi connectivity index (χ3v) is 4.91. The van der Waals surface area contributed by atoms with Gasteiger partial charge < -0.3 is 9.55 Å². The van der Waals surface area contributed by atoms with Gasteiger partial charge in [0.2, 0.25) is 0 Å². The number of hydrogen-bond acceptors (Lipinski definition) is 3. The molecular formula is C19H15Cl2N5. The van der Waals surface area contributed by atoms with Gasteiger partial charge in [-0.3, -0.25) is 5.41 Å². The van der Waals surface area contributed by atoms with Crippen LogP contribution in [0.2, 0.25) is 10.0 Å². The quantitative estimate of drug-likeness (QED) is 0.543. The first-order valence-corrected chi connectivity index (χ1v) is 8.78. The summed E-state index contributed by atoms with van der Waals surface area (Å²) < 4.78 is 1.84. The van der Waals surface area contributed by atoms with E-state index in [4.69, 9.17) is 33.6 Å². The van der Waals surface area contributed by atoms with Crippen LogP contribution in [0.4, 0.5) is 0 Å². The summed E-state index contributed by atoms with van der Waals surface area (Å²) in [6.45, 7) is 2.45. The van der Waals surface area contributed by atoms with Crippen LogP contribution in [0, 0.1) is 12.3 Å². The molecule has 0 amide bonds. The predicted molar refractivity (Wildman–Crippen MR) is 103 cm³/mol. The maximum absolute atomic E-state index is 8.09. The van der Waals surface area contributed by atoms with Gasteiger partial charge in [-0.1, -0.05) is 53.0 Å². The van der Waals surface area contributed by atoms with Crippen molar-refractivity contribution in [3.8, 4) is 11.4 Å². The summed E-state index contributed by atoms with van der Waals surface area (Å²) in [6, 6.07) is 13.5. The molecule has 4 aromatic rings. The van der Waals surface area contributed by atoms with Gasteiger partial charge in [-0.05, 0) is 25.1 Å². The fraction of sp³-hybridized carbons (Fsp3) is 0.105. The van der Waals surface area contributed by atoms with Gasteiger partial charge in [-0.15, -0.1) is 0 Å². The molecule has 0 radical (unpaired) electrons. The van der Waals surface area contributed by atoms with Crippen molar-refractivity contribution in [2.75, 3.05) is 0 Å². The maximum atomic E-state index is 8.09. The van der Waals surface area contributed by atoms with Crippen molar-refractivity contribution in [1.29, 1.82) is 5.41 Å². The lowest BCUT2D eigenvalue weighted by Crippen LogP contribution is -2.13. The molecule has 0 aliphatic rings. The van der Waals surface area contributed by atoms with Crippen LogP contribution < -0.4 is 5.49 Å². The Bertz CT molecular complexity index is 1160. The van der Waals surface area contributed by atoms with Crippen molar-refractivity contribution in [1.82, 2.24) is 19.5 Å². The van der Waals surface area contributed by atoms with E-state index in [0.29, 0.717) is 33.6 Å². The van der Waals surface area contributed by atoms with Crippen molar-refractivity contribution in [3.63, 3.8) is 0 Å². The van der Waals surface area contributed by atoms with E-state index in [1.54, 1.807) is 18.5 Å². The molecule has 0 spiro atoms. The van der Waals surface area contributed by atoms with E-state index in [2.05, 4.69) is 9.97 Å². The summed E-state index contributed by atoms with van der Waals surface area (Å²) in [4.78, 5) is 12.1. The highest BCUT2D eigenvalue weighted by atomic mass is 35.5. The molecule has 2 aromatic heterocycles. The SMILES string of the molecule is Cc1cccc(-c2nc3c([nH]2)c(=N)ncn3Cc2c(Cl)cccc2Cl)c1. The molecular weight excluding hydrogens is 369 g/mol. The highest BCUT2D eigenvalue weighted by Crippen LogP contribution is 2.26. The summed E-state index contributed by atoms with van der Waals surface area (Å²) >= 11 is 12.6. The number of imidazole rings is 1. The third-order valence-electron chi connectivity index (χ3n) is 4.20. The lowest BCUT2D eigenvalue weighted by molar-refractivity contribution is 0.784. The highest BCUT2D eigenvalue weighted by molar-refractivity contribution is 6.36. The largest absolute Gasteiger partial charge is 0.334 e. The monoisotopic (exact) mass is 383 g/mol. The molecule has 0 aliphatic carbocycles. The van der Waals surface area contributed by atoms with Gasteiger partial charge in [0.25, 0.3) is 0 Å². The fourth-order valence-corrected chi connectivity index (χ4v) is 3.40. The van der Waals surface area contributed by atoms with Crippen LogP contribution in [0.1, 0.15) is 11.1 Å². The number of nitrogens with one attached hydrogen (secondary N) is 2. The number of rotatable bonds is 3. The Balaban J connectivity index is 1.86. The van der Waals surface area contributed by atoms with E-state index in [0.717, 1.165) is 16.7 Å². The molecule has 26 heavy (non-hydrogen) atoms. The number of halogens is 2. The van der Waals surface area contributed by atoms with Crippen LogP contribution in [-0.2, 0) is 6.54 Å². The van der Waals surface area contributed by atoms with Crippen LogP contribution >= 0.6 is 23.2 Å². The highest BCUT2D eigenvalue weighted by Gasteiger charge is 2.13. The van der Waals surface area contributed by atoms with Crippen molar-refractivity contribution in [3.05, 3.63) is 75.5 Å². The summed E-state index contributed by atoms with van der Waals surface area (Å²) in [5.41, 5.74) is 4.25. The van der Waals surface area contributed by atoms with Crippen LogP contribution in [-0.4, -0.2) is 19.5 Å². The summed E-state index contributed by atoms with van der Waals surface area (Å²) in [6.07, 6.45) is 1.59. The van der Waals surface area contributed by atoms with Gasteiger partial charge in [0.1, 0.15) is 11.3 Å². The number of aromatic amines is 1. The van der Waals surface area contributed by atoms with E-state index >= 15 is 0 Å². The Morgan fingerprint density at radius 3 is 2.58 bits per heavy atom. The minimum Gasteiger partial charge on any atom is -0.334 e. The minimum absolute atomic E-state index is 0.146. The Kier molecular flexibility index (Phi) is 4.26. The smallest absolute Gasteiger partial charge is 0.173 e. The Hall–Kier alpha value is -2.63. The molecule has 0 fully saturated rings. The number of aryl methyl sites for hydroxylation is 1. The van der Waals surface area contributed by atoms with Gasteiger partial charge in [-0.2, -0.15) is 0 Å². The van der Waals surface area contributed by atoms with Gasteiger partial charge in [0.05, 0.1) is 12.9 Å². The average molecular weight is 384 g/mol. The summed E-state index contributed by atoms with van der Waals surface area (Å²) in [7, 11) is 0. The molecule has 0 saturated carbocycles. The van der Waals surface area contributed by atoms with E-state index in [9.17, 15) is 0 Å². The first-order valence-electron chi connectivity index (χ1n) is 8.02. The van der Waals surface area contributed by atoms with Crippen LogP contribution in [0.5, 0.6) is 0 Å². The second kappa shape index (κ2) is 6.59. The van der Waals surface area contributed by atoms with E-state index in [1.807, 2.05) is 41.8 Å². The van der Waals surface area contributed by atoms with Crippen LogP contribution in [0.3, 0.4) is 0 Å². The Labute approximate surface area is 159 Å². The molecule has 2 heterocycles. The molecule has 0 aliphatic heterocycles. The molecule has 0 unspecified atom stereocenters. The van der Waals surface area contributed by atoms with E-state index < -0.39 is 0 Å². The zero-order valence-electron chi connectivity index (χ0n) is 13.9. The van der Waals surface area contributed by atoms with Gasteiger partial charge in [0.15, 0.2) is 11.1 Å². The molecule has 4 rings (SSSR count). The maximum Gasteiger partial charge on any atom is 0.173 e. The van der Waals surface area contributed by atoms with Crippen molar-refractivity contribution >= 4 is 34.4 Å². The minimum atomic E-state index is 0.146. The molecule has 0 bridgehead atoms. The second-order valence-electron chi connectivity index (χ2n) is 6.07. The van der Waals surface area contributed by atoms with E-state index in [1.165, 1.54) is 0 Å². The Morgan fingerprint density at radius 1 is 1.12 bits per heavy atom. The average Bonchev–Trinajstić information content (AvgIpc) is 3.07. The molecule has 0 atom stereocenters. The summed E-state index contributed by atoms with van der Waals surface area (Å²) in [5.74, 6) is 0.698. The number of hydrogen-bond donors (Lipinski definition) is 2. The number of aromatic nitrogens is 4. The Morgan fingerprint density at radius 2 is 1.85 bits per heavy atom. The van der Waals surface area contributed by atoms with E-state index in [-0.39, 0.29) is 5.49 Å². The van der Waals surface area contributed by atoms with Crippen molar-refractivity contribution in [2.45, 2.75) is 13.5 Å². The standard InChI is InChI=1S/C19H15Cl2N5/c1-11-4-2-5-12(8-11)18-24-16-17(22)23-10-26(19(16)25-18)9-13-14(20)6-3-7-15(13)21/h2-8,10,22H,9H2,1H3,(H,24,25). The van der Waals surface area contributed by atoms with Gasteiger partial charge >= 0.3 is 0 Å². The number of nitrogens with zero attached hydrogens (tertiary/aromatic N) is 3. The first-order chi connectivity index (χ1) is 12.5. The van der Waals surface area contributed by atoms with Crippen LogP contribution in [0.15, 0.2) is 48.8 Å². The fourth-order valence-electron chi connectivity index (χ4n) is 2.88. The number of fused-ring (bicyclic) bond motifs is 1. The number of H-pyrrole nitrogens is 1. The zero-order valence-corrected chi connectivity index (χ0v) is 15.4. The van der Waals surface area contributed by atoms with Crippen molar-refractivity contribution in [2.24, 2.45) is 0 Å². The zero-order chi connectivity index (χ0) is 18.3. The predicted octanol–water partition coefficient (Wildman–Crippen LogP) is 4.57.